The number of nitrogens with two attached hydrogens (primary N) is 1. The van der Waals surface area contributed by atoms with Crippen LogP contribution < -0.4 is 10.6 Å². The minimum Gasteiger partial charge on any atom is -0.396 e. The molecule has 0 aliphatic carbocycles. The number of benzene rings is 1. The van der Waals surface area contributed by atoms with E-state index in [0.717, 1.165) is 29.8 Å². The van der Waals surface area contributed by atoms with Crippen LogP contribution in [0.2, 0.25) is 0 Å². The normalized spacial score (nSPS) is 15.0. The van der Waals surface area contributed by atoms with Gasteiger partial charge in [0.1, 0.15) is 0 Å². The zero-order chi connectivity index (χ0) is 16.5. The summed E-state index contributed by atoms with van der Waals surface area (Å²) >= 11 is 0. The quantitative estimate of drug-likeness (QED) is 0.747. The second-order valence-corrected chi connectivity index (χ2v) is 5.92. The van der Waals surface area contributed by atoms with Gasteiger partial charge in [-0.05, 0) is 24.3 Å². The first kappa shape index (κ1) is 14.6. The Hall–Kier alpha value is -3.02. The first-order valence-corrected chi connectivity index (χ1v) is 8.05. The molecule has 1 aliphatic rings. The summed E-state index contributed by atoms with van der Waals surface area (Å²) in [6.07, 6.45) is 3.59. The lowest BCUT2D eigenvalue weighted by Gasteiger charge is -2.35. The fourth-order valence-electron chi connectivity index (χ4n) is 3.19. The highest BCUT2D eigenvalue weighted by atomic mass is 16.2. The molecule has 0 unspecified atom stereocenters. The molecule has 1 amide bonds. The van der Waals surface area contributed by atoms with Crippen molar-refractivity contribution in [3.05, 3.63) is 54.9 Å². The van der Waals surface area contributed by atoms with Crippen LogP contribution in [-0.2, 0) is 0 Å². The molecular weight excluding hydrogens is 302 g/mol. The average molecular weight is 321 g/mol. The van der Waals surface area contributed by atoms with Gasteiger partial charge in [0.2, 0.25) is 0 Å². The highest BCUT2D eigenvalue weighted by molar-refractivity contribution is 5.91. The standard InChI is InChI=1S/C18H19N5O/c19-15-5-3-8-20-17(15)21-10-12-22(13-11-21)18(24)23-9-7-14-4-1-2-6-16(14)23/h1-9H,10-13,19H2. The largest absolute Gasteiger partial charge is 0.396 e. The van der Waals surface area contributed by atoms with Crippen molar-refractivity contribution in [1.82, 2.24) is 14.5 Å². The third-order valence-corrected chi connectivity index (χ3v) is 4.47. The Morgan fingerprint density at radius 3 is 2.58 bits per heavy atom. The van der Waals surface area contributed by atoms with E-state index in [0.29, 0.717) is 18.8 Å². The molecule has 1 aromatic carbocycles. The van der Waals surface area contributed by atoms with Crippen LogP contribution in [0.4, 0.5) is 16.3 Å². The van der Waals surface area contributed by atoms with Crippen LogP contribution >= 0.6 is 0 Å². The van der Waals surface area contributed by atoms with Crippen molar-refractivity contribution < 1.29 is 4.79 Å². The van der Waals surface area contributed by atoms with Crippen molar-refractivity contribution in [3.63, 3.8) is 0 Å². The Balaban J connectivity index is 1.50. The summed E-state index contributed by atoms with van der Waals surface area (Å²) in [5, 5.41) is 1.07. The van der Waals surface area contributed by atoms with Crippen LogP contribution in [-0.4, -0.2) is 46.7 Å². The summed E-state index contributed by atoms with van der Waals surface area (Å²) in [7, 11) is 0. The minimum atomic E-state index is 0.0184. The molecule has 1 fully saturated rings. The van der Waals surface area contributed by atoms with Crippen LogP contribution in [0, 0.1) is 0 Å². The van der Waals surface area contributed by atoms with E-state index in [4.69, 9.17) is 5.73 Å². The number of anilines is 2. The minimum absolute atomic E-state index is 0.0184. The molecule has 4 rings (SSSR count). The molecule has 6 nitrogen and oxygen atoms in total. The van der Waals surface area contributed by atoms with E-state index in [1.165, 1.54) is 0 Å². The average Bonchev–Trinajstić information content (AvgIpc) is 3.06. The fraction of sp³-hybridized carbons (Fsp3) is 0.222. The number of aromatic nitrogens is 2. The third-order valence-electron chi connectivity index (χ3n) is 4.47. The molecule has 1 saturated heterocycles. The Kier molecular flexibility index (Phi) is 3.57. The number of rotatable bonds is 1. The lowest BCUT2D eigenvalue weighted by atomic mass is 10.2. The molecule has 1 aliphatic heterocycles. The number of amides is 1. The Morgan fingerprint density at radius 2 is 1.79 bits per heavy atom. The summed E-state index contributed by atoms with van der Waals surface area (Å²) in [4.78, 5) is 21.2. The van der Waals surface area contributed by atoms with Gasteiger partial charge in [0.05, 0.1) is 11.2 Å². The first-order valence-electron chi connectivity index (χ1n) is 8.05. The van der Waals surface area contributed by atoms with E-state index in [-0.39, 0.29) is 6.03 Å². The summed E-state index contributed by atoms with van der Waals surface area (Å²) in [6.45, 7) is 2.76. The summed E-state index contributed by atoms with van der Waals surface area (Å²) in [5.74, 6) is 0.802. The maximum absolute atomic E-state index is 12.8. The summed E-state index contributed by atoms with van der Waals surface area (Å²) in [5.41, 5.74) is 7.61. The van der Waals surface area contributed by atoms with E-state index in [1.54, 1.807) is 10.8 Å². The molecule has 2 N–H and O–H groups in total. The molecule has 0 saturated carbocycles. The highest BCUT2D eigenvalue weighted by Gasteiger charge is 2.24. The number of piperazine rings is 1. The van der Waals surface area contributed by atoms with Gasteiger partial charge in [0.15, 0.2) is 5.82 Å². The van der Waals surface area contributed by atoms with Gasteiger partial charge in [-0.15, -0.1) is 0 Å². The van der Waals surface area contributed by atoms with Crippen LogP contribution in [0.3, 0.4) is 0 Å². The third kappa shape index (κ3) is 2.46. The Labute approximate surface area is 140 Å². The number of carbonyl (C=O) groups excluding carboxylic acids is 1. The number of hydrogen-bond donors (Lipinski definition) is 1. The molecule has 0 spiro atoms. The Morgan fingerprint density at radius 1 is 1.00 bits per heavy atom. The van der Waals surface area contributed by atoms with Crippen molar-refractivity contribution in [2.75, 3.05) is 36.8 Å². The number of nitrogen functional groups attached to an aromatic ring is 1. The van der Waals surface area contributed by atoms with E-state index < -0.39 is 0 Å². The van der Waals surface area contributed by atoms with Crippen LogP contribution in [0.25, 0.3) is 10.9 Å². The van der Waals surface area contributed by atoms with Gasteiger partial charge in [0, 0.05) is 44.0 Å². The molecule has 0 bridgehead atoms. The first-order chi connectivity index (χ1) is 11.7. The number of fused-ring (bicyclic) bond motifs is 1. The monoisotopic (exact) mass is 321 g/mol. The topological polar surface area (TPSA) is 67.4 Å². The molecule has 0 atom stereocenters. The van der Waals surface area contributed by atoms with Crippen molar-refractivity contribution in [2.45, 2.75) is 0 Å². The van der Waals surface area contributed by atoms with Gasteiger partial charge in [-0.1, -0.05) is 18.2 Å². The second-order valence-electron chi connectivity index (χ2n) is 5.92. The number of pyridine rings is 1. The molecule has 3 heterocycles. The maximum atomic E-state index is 12.8. The molecule has 0 radical (unpaired) electrons. The van der Waals surface area contributed by atoms with Crippen molar-refractivity contribution in [3.8, 4) is 0 Å². The van der Waals surface area contributed by atoms with Gasteiger partial charge in [-0.2, -0.15) is 0 Å². The zero-order valence-electron chi connectivity index (χ0n) is 13.3. The molecule has 24 heavy (non-hydrogen) atoms. The predicted molar refractivity (Wildman–Crippen MR) is 95.2 cm³/mol. The predicted octanol–water partition coefficient (Wildman–Crippen LogP) is 2.41. The van der Waals surface area contributed by atoms with Gasteiger partial charge >= 0.3 is 6.03 Å². The van der Waals surface area contributed by atoms with Crippen LogP contribution in [0.1, 0.15) is 0 Å². The van der Waals surface area contributed by atoms with Crippen molar-refractivity contribution in [2.24, 2.45) is 0 Å². The number of carbonyl (C=O) groups is 1. The van der Waals surface area contributed by atoms with Crippen LogP contribution in [0.15, 0.2) is 54.9 Å². The lowest BCUT2D eigenvalue weighted by molar-refractivity contribution is 0.197. The van der Waals surface area contributed by atoms with E-state index in [2.05, 4.69) is 9.88 Å². The van der Waals surface area contributed by atoms with Crippen LogP contribution in [0.5, 0.6) is 0 Å². The number of hydrogen-bond acceptors (Lipinski definition) is 4. The molecule has 6 heteroatoms. The van der Waals surface area contributed by atoms with E-state index in [1.807, 2.05) is 53.6 Å². The van der Waals surface area contributed by atoms with Gasteiger partial charge in [-0.3, -0.25) is 4.57 Å². The highest BCUT2D eigenvalue weighted by Crippen LogP contribution is 2.21. The smallest absolute Gasteiger partial charge is 0.328 e. The molecule has 2 aromatic heterocycles. The maximum Gasteiger partial charge on any atom is 0.328 e. The Bertz CT molecular complexity index is 880. The van der Waals surface area contributed by atoms with Gasteiger partial charge in [0.25, 0.3) is 0 Å². The van der Waals surface area contributed by atoms with Crippen molar-refractivity contribution >= 4 is 28.4 Å². The van der Waals surface area contributed by atoms with E-state index >= 15 is 0 Å². The van der Waals surface area contributed by atoms with Gasteiger partial charge in [-0.25, -0.2) is 9.78 Å². The van der Waals surface area contributed by atoms with Gasteiger partial charge < -0.3 is 15.5 Å². The lowest BCUT2D eigenvalue weighted by Crippen LogP contribution is -2.50. The summed E-state index contributed by atoms with van der Waals surface area (Å²) < 4.78 is 1.72. The van der Waals surface area contributed by atoms with E-state index in [9.17, 15) is 4.79 Å². The number of para-hydroxylation sites is 1. The SMILES string of the molecule is Nc1cccnc1N1CCN(C(=O)n2ccc3ccccc32)CC1. The molecule has 3 aromatic rings. The van der Waals surface area contributed by atoms with Crippen molar-refractivity contribution in [1.29, 1.82) is 0 Å². The fourth-order valence-corrected chi connectivity index (χ4v) is 3.19. The molecule has 122 valence electrons. The molecular formula is C18H19N5O. The number of nitrogens with zero attached hydrogens (tertiary/aromatic N) is 4. The second kappa shape index (κ2) is 5.88. The zero-order valence-corrected chi connectivity index (χ0v) is 13.3. The summed E-state index contributed by atoms with van der Waals surface area (Å²) in [6, 6.07) is 13.6.